The van der Waals surface area contributed by atoms with E-state index < -0.39 is 17.4 Å². The minimum absolute atomic E-state index is 0.178. The first-order chi connectivity index (χ1) is 8.79. The number of nitrogens with one attached hydrogen (secondary N) is 2. The second kappa shape index (κ2) is 6.54. The minimum atomic E-state index is -0.623. The summed E-state index contributed by atoms with van der Waals surface area (Å²) in [5.74, 6) is -1.07. The Balaban J connectivity index is 2.16. The summed E-state index contributed by atoms with van der Waals surface area (Å²) in [5.41, 5.74) is -0.420. The highest BCUT2D eigenvalue weighted by molar-refractivity contribution is 6.35. The molecule has 1 rings (SSSR count). The molecule has 0 radical (unpaired) electrons. The third-order valence-corrected chi connectivity index (χ3v) is 2.76. The summed E-state index contributed by atoms with van der Waals surface area (Å²) in [4.78, 5) is 36.1. The summed E-state index contributed by atoms with van der Waals surface area (Å²) in [5, 5.41) is 5.15. The van der Waals surface area contributed by atoms with Gasteiger partial charge in [-0.1, -0.05) is 0 Å². The Labute approximate surface area is 113 Å². The van der Waals surface area contributed by atoms with Crippen molar-refractivity contribution < 1.29 is 14.4 Å². The average molecular weight is 269 g/mol. The molecular formula is C13H23N3O3. The van der Waals surface area contributed by atoms with Crippen LogP contribution in [0.5, 0.6) is 0 Å². The zero-order chi connectivity index (χ0) is 14.5. The first-order valence-electron chi connectivity index (χ1n) is 6.68. The number of hydrogen-bond donors (Lipinski definition) is 2. The van der Waals surface area contributed by atoms with Crippen molar-refractivity contribution >= 4 is 17.7 Å². The third-order valence-electron chi connectivity index (χ3n) is 2.76. The predicted molar refractivity (Wildman–Crippen MR) is 71.3 cm³/mol. The van der Waals surface area contributed by atoms with Gasteiger partial charge >= 0.3 is 11.8 Å². The molecule has 1 heterocycles. The lowest BCUT2D eigenvalue weighted by Gasteiger charge is -2.20. The fourth-order valence-electron chi connectivity index (χ4n) is 1.89. The molecule has 0 aromatic rings. The molecule has 6 nitrogen and oxygen atoms in total. The van der Waals surface area contributed by atoms with E-state index in [9.17, 15) is 14.4 Å². The van der Waals surface area contributed by atoms with Crippen LogP contribution in [0.25, 0.3) is 0 Å². The van der Waals surface area contributed by atoms with Crippen molar-refractivity contribution in [1.82, 2.24) is 15.5 Å². The van der Waals surface area contributed by atoms with Crippen molar-refractivity contribution in [3.8, 4) is 0 Å². The summed E-state index contributed by atoms with van der Waals surface area (Å²) in [7, 11) is 0. The van der Waals surface area contributed by atoms with Crippen molar-refractivity contribution in [3.63, 3.8) is 0 Å². The van der Waals surface area contributed by atoms with Gasteiger partial charge in [0, 0.05) is 31.6 Å². The van der Waals surface area contributed by atoms with Gasteiger partial charge in [0.15, 0.2) is 0 Å². The van der Waals surface area contributed by atoms with Gasteiger partial charge in [0.2, 0.25) is 5.91 Å². The van der Waals surface area contributed by atoms with Crippen molar-refractivity contribution in [2.45, 2.75) is 45.6 Å². The van der Waals surface area contributed by atoms with E-state index >= 15 is 0 Å². The fraction of sp³-hybridized carbons (Fsp3) is 0.769. The van der Waals surface area contributed by atoms with Crippen LogP contribution in [0.2, 0.25) is 0 Å². The first-order valence-corrected chi connectivity index (χ1v) is 6.68. The molecule has 0 saturated carbocycles. The zero-order valence-electron chi connectivity index (χ0n) is 11.9. The van der Waals surface area contributed by atoms with E-state index in [1.807, 2.05) is 20.8 Å². The highest BCUT2D eigenvalue weighted by Crippen LogP contribution is 2.09. The monoisotopic (exact) mass is 269 g/mol. The lowest BCUT2D eigenvalue weighted by atomic mass is 10.1. The van der Waals surface area contributed by atoms with Gasteiger partial charge in [-0.2, -0.15) is 0 Å². The quantitative estimate of drug-likeness (QED) is 0.558. The SMILES string of the molecule is CC(C)(C)NC(=O)C(=O)NCCCN1CCCC1=O. The largest absolute Gasteiger partial charge is 0.348 e. The molecule has 0 atom stereocenters. The van der Waals surface area contributed by atoms with E-state index in [0.29, 0.717) is 25.9 Å². The molecule has 0 aliphatic carbocycles. The molecule has 3 amide bonds. The lowest BCUT2D eigenvalue weighted by Crippen LogP contribution is -2.48. The summed E-state index contributed by atoms with van der Waals surface area (Å²) in [6.45, 7) is 7.29. The van der Waals surface area contributed by atoms with E-state index in [0.717, 1.165) is 13.0 Å². The second-order valence-electron chi connectivity index (χ2n) is 5.80. The molecule has 0 unspecified atom stereocenters. The van der Waals surface area contributed by atoms with Crippen LogP contribution < -0.4 is 10.6 Å². The number of likely N-dealkylation sites (tertiary alicyclic amines) is 1. The van der Waals surface area contributed by atoms with Gasteiger partial charge in [-0.25, -0.2) is 0 Å². The van der Waals surface area contributed by atoms with E-state index in [-0.39, 0.29) is 5.91 Å². The van der Waals surface area contributed by atoms with Gasteiger partial charge in [0.25, 0.3) is 0 Å². The smallest absolute Gasteiger partial charge is 0.309 e. The van der Waals surface area contributed by atoms with Gasteiger partial charge in [-0.3, -0.25) is 14.4 Å². The van der Waals surface area contributed by atoms with Gasteiger partial charge < -0.3 is 15.5 Å². The average Bonchev–Trinajstić information content (AvgIpc) is 2.68. The highest BCUT2D eigenvalue weighted by atomic mass is 16.2. The first kappa shape index (κ1) is 15.5. The predicted octanol–water partition coefficient (Wildman–Crippen LogP) is 0.0298. The molecule has 0 spiro atoms. The molecule has 0 aromatic heterocycles. The van der Waals surface area contributed by atoms with Crippen LogP contribution in [0.3, 0.4) is 0 Å². The normalized spacial score (nSPS) is 15.5. The molecule has 0 bridgehead atoms. The number of hydrogen-bond acceptors (Lipinski definition) is 3. The van der Waals surface area contributed by atoms with Gasteiger partial charge in [0.05, 0.1) is 0 Å². The number of rotatable bonds is 4. The van der Waals surface area contributed by atoms with Crippen LogP contribution >= 0.6 is 0 Å². The molecule has 1 fully saturated rings. The number of amides is 3. The van der Waals surface area contributed by atoms with Crippen LogP contribution in [0.15, 0.2) is 0 Å². The Hall–Kier alpha value is -1.59. The highest BCUT2D eigenvalue weighted by Gasteiger charge is 2.21. The molecular weight excluding hydrogens is 246 g/mol. The number of carbonyl (C=O) groups excluding carboxylic acids is 3. The molecule has 1 saturated heterocycles. The van der Waals surface area contributed by atoms with Crippen molar-refractivity contribution in [1.29, 1.82) is 0 Å². The minimum Gasteiger partial charge on any atom is -0.348 e. The maximum atomic E-state index is 11.5. The molecule has 108 valence electrons. The molecule has 2 N–H and O–H groups in total. The Morgan fingerprint density at radius 3 is 2.47 bits per heavy atom. The van der Waals surface area contributed by atoms with E-state index in [2.05, 4.69) is 10.6 Å². The Morgan fingerprint density at radius 2 is 1.95 bits per heavy atom. The Morgan fingerprint density at radius 1 is 1.26 bits per heavy atom. The van der Waals surface area contributed by atoms with Crippen LogP contribution in [0.1, 0.15) is 40.0 Å². The van der Waals surface area contributed by atoms with Crippen molar-refractivity contribution in [2.75, 3.05) is 19.6 Å². The third kappa shape index (κ3) is 5.72. The molecule has 1 aliphatic heterocycles. The Kier molecular flexibility index (Phi) is 5.32. The topological polar surface area (TPSA) is 78.5 Å². The second-order valence-corrected chi connectivity index (χ2v) is 5.80. The van der Waals surface area contributed by atoms with Crippen LogP contribution in [-0.2, 0) is 14.4 Å². The maximum Gasteiger partial charge on any atom is 0.309 e. The van der Waals surface area contributed by atoms with E-state index in [1.165, 1.54) is 0 Å². The number of nitrogens with zero attached hydrogens (tertiary/aromatic N) is 1. The van der Waals surface area contributed by atoms with Crippen LogP contribution in [-0.4, -0.2) is 47.8 Å². The zero-order valence-corrected chi connectivity index (χ0v) is 11.9. The molecule has 1 aliphatic rings. The summed E-state index contributed by atoms with van der Waals surface area (Å²) < 4.78 is 0. The number of carbonyl (C=O) groups is 3. The molecule has 6 heteroatoms. The summed E-state index contributed by atoms with van der Waals surface area (Å²) in [6.07, 6.45) is 2.21. The van der Waals surface area contributed by atoms with Gasteiger partial charge in [-0.15, -0.1) is 0 Å². The van der Waals surface area contributed by atoms with E-state index in [1.54, 1.807) is 4.90 Å². The molecule has 19 heavy (non-hydrogen) atoms. The van der Waals surface area contributed by atoms with Crippen LogP contribution in [0.4, 0.5) is 0 Å². The van der Waals surface area contributed by atoms with Crippen LogP contribution in [0, 0.1) is 0 Å². The van der Waals surface area contributed by atoms with Gasteiger partial charge in [-0.05, 0) is 33.6 Å². The fourth-order valence-corrected chi connectivity index (χ4v) is 1.89. The lowest BCUT2D eigenvalue weighted by molar-refractivity contribution is -0.140. The Bertz CT molecular complexity index is 361. The standard InChI is InChI=1S/C13H23N3O3/c1-13(2,3)15-12(19)11(18)14-7-5-9-16-8-4-6-10(16)17/h4-9H2,1-3H3,(H,14,18)(H,15,19). The molecule has 0 aromatic carbocycles. The summed E-state index contributed by atoms with van der Waals surface area (Å²) >= 11 is 0. The van der Waals surface area contributed by atoms with E-state index in [4.69, 9.17) is 0 Å². The maximum absolute atomic E-state index is 11.5. The van der Waals surface area contributed by atoms with Gasteiger partial charge in [0.1, 0.15) is 0 Å². The summed E-state index contributed by atoms with van der Waals surface area (Å²) in [6, 6.07) is 0. The van der Waals surface area contributed by atoms with Crippen molar-refractivity contribution in [3.05, 3.63) is 0 Å². The van der Waals surface area contributed by atoms with Crippen molar-refractivity contribution in [2.24, 2.45) is 0 Å².